The maximum absolute atomic E-state index is 13.0. The molecular formula is C69H130O17P2. The summed E-state index contributed by atoms with van der Waals surface area (Å²) in [4.78, 5) is 72.2. The number of esters is 4. The van der Waals surface area contributed by atoms with Crippen LogP contribution in [0.3, 0.4) is 0 Å². The third-order valence-electron chi connectivity index (χ3n) is 16.1. The second-order valence-corrected chi connectivity index (χ2v) is 27.6. The molecule has 7 atom stereocenters. The number of carbonyl (C=O) groups excluding carboxylic acids is 4. The number of phosphoric acid groups is 2. The molecule has 0 fully saturated rings. The molecule has 0 spiro atoms. The third kappa shape index (κ3) is 59.8. The van der Waals surface area contributed by atoms with Crippen LogP contribution in [0.15, 0.2) is 24.3 Å². The van der Waals surface area contributed by atoms with Gasteiger partial charge in [-0.15, -0.1) is 0 Å². The number of allylic oxidation sites excluding steroid dienone is 4. The summed E-state index contributed by atoms with van der Waals surface area (Å²) < 4.78 is 67.9. The molecule has 4 unspecified atom stereocenters. The number of aliphatic hydroxyl groups is 1. The van der Waals surface area contributed by atoms with Crippen LogP contribution in [-0.4, -0.2) is 96.7 Å². The Bertz CT molecular complexity index is 1810. The van der Waals surface area contributed by atoms with Crippen molar-refractivity contribution in [2.75, 3.05) is 39.6 Å². The summed E-state index contributed by atoms with van der Waals surface area (Å²) in [6.45, 7) is 9.38. The Morgan fingerprint density at radius 3 is 0.966 bits per heavy atom. The molecule has 17 nitrogen and oxygen atoms in total. The molecule has 88 heavy (non-hydrogen) atoms. The van der Waals surface area contributed by atoms with Crippen molar-refractivity contribution in [3.63, 3.8) is 0 Å². The first-order valence-electron chi connectivity index (χ1n) is 35.4. The van der Waals surface area contributed by atoms with E-state index < -0.39 is 97.5 Å². The van der Waals surface area contributed by atoms with Crippen molar-refractivity contribution < 1.29 is 80.2 Å². The van der Waals surface area contributed by atoms with Gasteiger partial charge in [-0.3, -0.25) is 37.3 Å². The summed E-state index contributed by atoms with van der Waals surface area (Å²) in [6, 6.07) is 0. The molecule has 0 saturated heterocycles. The Labute approximate surface area is 535 Å². The van der Waals surface area contributed by atoms with Crippen LogP contribution in [0.2, 0.25) is 0 Å². The Hall–Kier alpha value is -2.46. The highest BCUT2D eigenvalue weighted by molar-refractivity contribution is 7.47. The van der Waals surface area contributed by atoms with Gasteiger partial charge in [0.2, 0.25) is 0 Å². The lowest BCUT2D eigenvalue weighted by molar-refractivity contribution is -0.161. The van der Waals surface area contributed by atoms with E-state index in [-0.39, 0.29) is 25.7 Å². The highest BCUT2D eigenvalue weighted by Crippen LogP contribution is 2.45. The second kappa shape index (κ2) is 60.8. The summed E-state index contributed by atoms with van der Waals surface area (Å²) >= 11 is 0. The van der Waals surface area contributed by atoms with E-state index in [2.05, 4.69) is 65.8 Å². The highest BCUT2D eigenvalue weighted by atomic mass is 31.2. The number of phosphoric ester groups is 2. The van der Waals surface area contributed by atoms with E-state index in [9.17, 15) is 43.2 Å². The van der Waals surface area contributed by atoms with E-state index >= 15 is 0 Å². The number of unbranched alkanes of at least 4 members (excludes halogenated alkanes) is 31. The van der Waals surface area contributed by atoms with E-state index in [0.29, 0.717) is 25.7 Å². The minimum atomic E-state index is -4.96. The molecule has 0 saturated carbocycles. The fourth-order valence-electron chi connectivity index (χ4n) is 9.81. The zero-order valence-electron chi connectivity index (χ0n) is 56.5. The van der Waals surface area contributed by atoms with Crippen LogP contribution in [0, 0.1) is 11.8 Å². The van der Waals surface area contributed by atoms with Gasteiger partial charge in [-0.05, 0) is 63.2 Å². The van der Waals surface area contributed by atoms with Crippen LogP contribution < -0.4 is 0 Å². The minimum Gasteiger partial charge on any atom is -0.462 e. The number of rotatable bonds is 66. The van der Waals surface area contributed by atoms with Gasteiger partial charge in [-0.25, -0.2) is 9.13 Å². The summed E-state index contributed by atoms with van der Waals surface area (Å²) in [5.74, 6) is -0.608. The van der Waals surface area contributed by atoms with E-state index in [1.54, 1.807) is 0 Å². The van der Waals surface area contributed by atoms with E-state index in [1.807, 2.05) is 0 Å². The van der Waals surface area contributed by atoms with Gasteiger partial charge in [0, 0.05) is 25.7 Å². The molecule has 0 amide bonds. The molecule has 0 aromatic carbocycles. The predicted octanol–water partition coefficient (Wildman–Crippen LogP) is 19.2. The monoisotopic (exact) mass is 1290 g/mol. The Kier molecular flexibility index (Phi) is 59.1. The van der Waals surface area contributed by atoms with E-state index in [4.69, 9.17) is 37.0 Å². The van der Waals surface area contributed by atoms with Gasteiger partial charge in [0.25, 0.3) is 0 Å². The Balaban J connectivity index is 5.20. The molecule has 0 aliphatic rings. The average molecular weight is 1290 g/mol. The number of ether oxygens (including phenoxy) is 4. The van der Waals surface area contributed by atoms with Crippen LogP contribution in [0.4, 0.5) is 0 Å². The molecule has 0 heterocycles. The second-order valence-electron chi connectivity index (χ2n) is 24.7. The van der Waals surface area contributed by atoms with Crippen molar-refractivity contribution in [3.8, 4) is 0 Å². The summed E-state index contributed by atoms with van der Waals surface area (Å²) in [7, 11) is -9.90. The lowest BCUT2D eigenvalue weighted by Crippen LogP contribution is -2.30. The fourth-order valence-corrected chi connectivity index (χ4v) is 11.4. The van der Waals surface area contributed by atoms with Crippen molar-refractivity contribution in [1.82, 2.24) is 0 Å². The highest BCUT2D eigenvalue weighted by Gasteiger charge is 2.30. The number of aliphatic hydroxyl groups excluding tert-OH is 1. The van der Waals surface area contributed by atoms with Crippen molar-refractivity contribution in [2.45, 2.75) is 342 Å². The number of hydrogen-bond donors (Lipinski definition) is 3. The largest absolute Gasteiger partial charge is 0.472 e. The van der Waals surface area contributed by atoms with Crippen molar-refractivity contribution in [3.05, 3.63) is 24.3 Å². The van der Waals surface area contributed by atoms with Crippen molar-refractivity contribution >= 4 is 39.5 Å². The first kappa shape index (κ1) is 85.5. The maximum Gasteiger partial charge on any atom is 0.472 e. The quantitative estimate of drug-likeness (QED) is 0.0169. The number of carbonyl (C=O) groups is 4. The first-order valence-corrected chi connectivity index (χ1v) is 38.4. The molecule has 0 bridgehead atoms. The fraction of sp³-hybridized carbons (Fsp3) is 0.884. The molecule has 19 heteroatoms. The topological polar surface area (TPSA) is 237 Å². The van der Waals surface area contributed by atoms with E-state index in [1.165, 1.54) is 116 Å². The number of hydrogen-bond acceptors (Lipinski definition) is 15. The van der Waals surface area contributed by atoms with Crippen LogP contribution >= 0.6 is 15.6 Å². The van der Waals surface area contributed by atoms with Crippen molar-refractivity contribution in [2.24, 2.45) is 11.8 Å². The van der Waals surface area contributed by atoms with Crippen LogP contribution in [0.5, 0.6) is 0 Å². The van der Waals surface area contributed by atoms with Gasteiger partial charge in [0.05, 0.1) is 26.4 Å². The van der Waals surface area contributed by atoms with E-state index in [0.717, 1.165) is 127 Å². The van der Waals surface area contributed by atoms with Gasteiger partial charge in [-0.2, -0.15) is 0 Å². The van der Waals surface area contributed by atoms with Crippen LogP contribution in [-0.2, 0) is 65.4 Å². The van der Waals surface area contributed by atoms with Crippen LogP contribution in [0.25, 0.3) is 0 Å². The normalized spacial score (nSPS) is 15.0. The molecule has 0 aliphatic heterocycles. The lowest BCUT2D eigenvalue weighted by Gasteiger charge is -2.21. The Morgan fingerprint density at radius 1 is 0.364 bits per heavy atom. The lowest BCUT2D eigenvalue weighted by atomic mass is 9.99. The first-order chi connectivity index (χ1) is 42.4. The van der Waals surface area contributed by atoms with Gasteiger partial charge in [0.1, 0.15) is 19.3 Å². The molecule has 518 valence electrons. The Morgan fingerprint density at radius 2 is 0.636 bits per heavy atom. The van der Waals surface area contributed by atoms with Crippen LogP contribution in [0.1, 0.15) is 324 Å². The maximum atomic E-state index is 13.0. The average Bonchev–Trinajstić information content (AvgIpc) is 3.69. The zero-order chi connectivity index (χ0) is 65.0. The van der Waals surface area contributed by atoms with Gasteiger partial charge >= 0.3 is 39.5 Å². The molecule has 0 rings (SSSR count). The summed E-state index contributed by atoms with van der Waals surface area (Å²) in [6.07, 6.45) is 48.4. The molecule has 0 radical (unpaired) electrons. The standard InChI is InChI=1S/C69H130O17P2/c1-7-11-13-15-16-17-18-19-20-24-27-30-33-40-46-52-67(72)80-58-65(85-68(73)53-47-41-34-31-28-25-22-21-23-26-29-32-38-43-49-61(5)9-3)60-84-88(77,78)82-56-63(70)55-81-87(75,76)83-59-64(57-79-66(71)51-45-37-14-12-8-2)86-69(74)54-48-42-36-35-39-44-50-62(6)10-4/h17-20,61-65,70H,7-16,21-60H2,1-6H3,(H,75,76)(H,77,78)/b18-17-,20-19-/t61?,62?,63-,64+,65+/m0/s1. The van der Waals surface area contributed by atoms with Crippen molar-refractivity contribution in [1.29, 1.82) is 0 Å². The zero-order valence-corrected chi connectivity index (χ0v) is 58.3. The molecular weight excluding hydrogens is 1160 g/mol. The SMILES string of the molecule is CCCCCC/C=C\C=C/CCCCCCCC(=O)OC[C@H](COP(=O)(O)OC[C@@H](O)COP(=O)(O)OC[C@@H](COC(=O)CCCCCCC)OC(=O)CCCCCCCCC(C)CC)OC(=O)CCCCCCCCCCCCCCCCC(C)CC. The molecule has 3 N–H and O–H groups in total. The molecule has 0 aromatic rings. The summed E-state index contributed by atoms with van der Waals surface area (Å²) in [5, 5.41) is 10.5. The molecule has 0 aromatic heterocycles. The molecule has 0 aliphatic carbocycles. The summed E-state index contributed by atoms with van der Waals surface area (Å²) in [5.41, 5.74) is 0. The smallest absolute Gasteiger partial charge is 0.462 e. The van der Waals surface area contributed by atoms with Gasteiger partial charge < -0.3 is 33.8 Å². The third-order valence-corrected chi connectivity index (χ3v) is 18.0. The van der Waals surface area contributed by atoms with Gasteiger partial charge in [0.15, 0.2) is 12.2 Å². The predicted molar refractivity (Wildman–Crippen MR) is 354 cm³/mol. The minimum absolute atomic E-state index is 0.0996. The van der Waals surface area contributed by atoms with Gasteiger partial charge in [-0.1, -0.05) is 271 Å².